The molecule has 5 heteroatoms. The molecule has 0 bridgehead atoms. The van der Waals surface area contributed by atoms with E-state index in [9.17, 15) is 4.79 Å². The SMILES string of the molecule is Cc1[nH]c(=O)c(C#N)cc1-c1csc(Cc2ccccc2)n1. The summed E-state index contributed by atoms with van der Waals surface area (Å²) in [5, 5.41) is 12.0. The van der Waals surface area contributed by atoms with Gasteiger partial charge < -0.3 is 4.98 Å². The summed E-state index contributed by atoms with van der Waals surface area (Å²) in [5.74, 6) is 0. The lowest BCUT2D eigenvalue weighted by Gasteiger charge is -2.02. The molecule has 3 rings (SSSR count). The van der Waals surface area contributed by atoms with Crippen molar-refractivity contribution < 1.29 is 0 Å². The topological polar surface area (TPSA) is 69.5 Å². The van der Waals surface area contributed by atoms with Crippen LogP contribution in [0.25, 0.3) is 11.3 Å². The Balaban J connectivity index is 1.95. The van der Waals surface area contributed by atoms with Crippen LogP contribution in [0.1, 0.15) is 21.8 Å². The van der Waals surface area contributed by atoms with Gasteiger partial charge in [0.05, 0.1) is 10.7 Å². The van der Waals surface area contributed by atoms with Crippen LogP contribution in [-0.2, 0) is 6.42 Å². The highest BCUT2D eigenvalue weighted by atomic mass is 32.1. The number of H-pyrrole nitrogens is 1. The second-order valence-electron chi connectivity index (χ2n) is 4.95. The second kappa shape index (κ2) is 5.96. The number of pyridine rings is 1. The third kappa shape index (κ3) is 2.83. The number of nitrogens with one attached hydrogen (secondary N) is 1. The molecule has 0 saturated heterocycles. The van der Waals surface area contributed by atoms with Crippen LogP contribution in [0.4, 0.5) is 0 Å². The van der Waals surface area contributed by atoms with Crippen LogP contribution in [0.15, 0.2) is 46.6 Å². The van der Waals surface area contributed by atoms with Crippen LogP contribution >= 0.6 is 11.3 Å². The Hall–Kier alpha value is -2.71. The van der Waals surface area contributed by atoms with E-state index in [4.69, 9.17) is 5.26 Å². The number of benzene rings is 1. The zero-order chi connectivity index (χ0) is 15.5. The van der Waals surface area contributed by atoms with Crippen LogP contribution in [0, 0.1) is 18.3 Å². The molecular weight excluding hydrogens is 294 g/mol. The smallest absolute Gasteiger partial charge is 0.266 e. The monoisotopic (exact) mass is 307 g/mol. The fraction of sp³-hybridized carbons (Fsp3) is 0.118. The molecule has 108 valence electrons. The molecule has 0 spiro atoms. The van der Waals surface area contributed by atoms with Crippen LogP contribution in [0.5, 0.6) is 0 Å². The molecule has 0 aliphatic carbocycles. The number of thiazole rings is 1. The quantitative estimate of drug-likeness (QED) is 0.807. The number of hydrogen-bond acceptors (Lipinski definition) is 4. The Morgan fingerprint density at radius 3 is 2.82 bits per heavy atom. The third-order valence-electron chi connectivity index (χ3n) is 3.38. The second-order valence-corrected chi connectivity index (χ2v) is 5.89. The summed E-state index contributed by atoms with van der Waals surface area (Å²) in [5.41, 5.74) is 3.27. The van der Waals surface area contributed by atoms with Crippen molar-refractivity contribution in [2.45, 2.75) is 13.3 Å². The van der Waals surface area contributed by atoms with Gasteiger partial charge in [0, 0.05) is 23.1 Å². The van der Waals surface area contributed by atoms with Gasteiger partial charge in [0.25, 0.3) is 5.56 Å². The average molecular weight is 307 g/mol. The molecule has 0 fully saturated rings. The molecule has 0 unspecified atom stereocenters. The number of hydrogen-bond donors (Lipinski definition) is 1. The van der Waals surface area contributed by atoms with E-state index < -0.39 is 0 Å². The molecule has 1 aromatic carbocycles. The molecule has 0 amide bonds. The van der Waals surface area contributed by atoms with Crippen LogP contribution in [0.2, 0.25) is 0 Å². The molecule has 2 aromatic heterocycles. The number of aromatic amines is 1. The summed E-state index contributed by atoms with van der Waals surface area (Å²) >= 11 is 1.58. The largest absolute Gasteiger partial charge is 0.325 e. The van der Waals surface area contributed by atoms with E-state index >= 15 is 0 Å². The maximum Gasteiger partial charge on any atom is 0.266 e. The zero-order valence-corrected chi connectivity index (χ0v) is 12.8. The van der Waals surface area contributed by atoms with E-state index in [0.717, 1.165) is 28.4 Å². The molecule has 0 atom stereocenters. The molecule has 0 aliphatic heterocycles. The van der Waals surface area contributed by atoms with Crippen molar-refractivity contribution in [2.75, 3.05) is 0 Å². The summed E-state index contributed by atoms with van der Waals surface area (Å²) in [6.45, 7) is 1.81. The molecule has 22 heavy (non-hydrogen) atoms. The Morgan fingerprint density at radius 1 is 1.32 bits per heavy atom. The summed E-state index contributed by atoms with van der Waals surface area (Å²) in [4.78, 5) is 18.9. The first-order valence-corrected chi connectivity index (χ1v) is 7.68. The van der Waals surface area contributed by atoms with Crippen molar-refractivity contribution in [1.82, 2.24) is 9.97 Å². The maximum absolute atomic E-state index is 11.6. The molecule has 2 heterocycles. The van der Waals surface area contributed by atoms with Crippen LogP contribution in [0.3, 0.4) is 0 Å². The molecule has 4 nitrogen and oxygen atoms in total. The third-order valence-corrected chi connectivity index (χ3v) is 4.23. The Morgan fingerprint density at radius 2 is 2.09 bits per heavy atom. The highest BCUT2D eigenvalue weighted by Crippen LogP contribution is 2.25. The van der Waals surface area contributed by atoms with Gasteiger partial charge in [-0.1, -0.05) is 30.3 Å². The van der Waals surface area contributed by atoms with Gasteiger partial charge in [0.15, 0.2) is 0 Å². The van der Waals surface area contributed by atoms with Crippen molar-refractivity contribution in [2.24, 2.45) is 0 Å². The summed E-state index contributed by atoms with van der Waals surface area (Å²) in [7, 11) is 0. The lowest BCUT2D eigenvalue weighted by Crippen LogP contribution is -2.12. The average Bonchev–Trinajstić information content (AvgIpc) is 2.97. The van der Waals surface area contributed by atoms with Crippen molar-refractivity contribution in [1.29, 1.82) is 5.26 Å². The van der Waals surface area contributed by atoms with E-state index in [1.165, 1.54) is 5.56 Å². The lowest BCUT2D eigenvalue weighted by molar-refractivity contribution is 1.11. The molecule has 0 aliphatic rings. The van der Waals surface area contributed by atoms with E-state index in [1.54, 1.807) is 17.4 Å². The minimum atomic E-state index is -0.358. The summed E-state index contributed by atoms with van der Waals surface area (Å²) in [6, 6.07) is 13.7. The van der Waals surface area contributed by atoms with Crippen molar-refractivity contribution >= 4 is 11.3 Å². The van der Waals surface area contributed by atoms with Crippen molar-refractivity contribution in [3.8, 4) is 17.3 Å². The van der Waals surface area contributed by atoms with Gasteiger partial charge in [-0.15, -0.1) is 11.3 Å². The van der Waals surface area contributed by atoms with Gasteiger partial charge in [-0.3, -0.25) is 4.79 Å². The summed E-state index contributed by atoms with van der Waals surface area (Å²) < 4.78 is 0. The van der Waals surface area contributed by atoms with E-state index in [-0.39, 0.29) is 11.1 Å². The first kappa shape index (κ1) is 14.2. The summed E-state index contributed by atoms with van der Waals surface area (Å²) in [6.07, 6.45) is 0.777. The Bertz CT molecular complexity index is 904. The van der Waals surface area contributed by atoms with E-state index in [0.29, 0.717) is 0 Å². The molecule has 0 saturated carbocycles. The predicted octanol–water partition coefficient (Wildman–Crippen LogP) is 3.27. The van der Waals surface area contributed by atoms with Gasteiger partial charge in [0.2, 0.25) is 0 Å². The molecule has 3 aromatic rings. The van der Waals surface area contributed by atoms with E-state index in [2.05, 4.69) is 22.1 Å². The van der Waals surface area contributed by atoms with Crippen molar-refractivity contribution in [3.63, 3.8) is 0 Å². The number of rotatable bonds is 3. The van der Waals surface area contributed by atoms with Gasteiger partial charge in [0.1, 0.15) is 11.6 Å². The minimum Gasteiger partial charge on any atom is -0.325 e. The normalized spacial score (nSPS) is 10.4. The number of nitriles is 1. The molecule has 1 N–H and O–H groups in total. The number of aromatic nitrogens is 2. The number of aryl methyl sites for hydroxylation is 1. The first-order valence-electron chi connectivity index (χ1n) is 6.80. The highest BCUT2D eigenvalue weighted by molar-refractivity contribution is 7.10. The number of nitrogens with zero attached hydrogens (tertiary/aromatic N) is 2. The Kier molecular flexibility index (Phi) is 3.86. The zero-order valence-electron chi connectivity index (χ0n) is 12.0. The standard InChI is InChI=1S/C17H13N3OS/c1-11-14(8-13(9-18)17(21)19-11)15-10-22-16(20-15)7-12-5-3-2-4-6-12/h2-6,8,10H,7H2,1H3,(H,19,21). The van der Waals surface area contributed by atoms with Gasteiger partial charge in [-0.05, 0) is 18.6 Å². The fourth-order valence-electron chi connectivity index (χ4n) is 2.26. The highest BCUT2D eigenvalue weighted by Gasteiger charge is 2.11. The minimum absolute atomic E-state index is 0.109. The molecular formula is C17H13N3OS. The van der Waals surface area contributed by atoms with Crippen LogP contribution in [-0.4, -0.2) is 9.97 Å². The predicted molar refractivity (Wildman–Crippen MR) is 86.9 cm³/mol. The molecule has 0 radical (unpaired) electrons. The van der Waals surface area contributed by atoms with Gasteiger partial charge >= 0.3 is 0 Å². The van der Waals surface area contributed by atoms with Crippen LogP contribution < -0.4 is 5.56 Å². The lowest BCUT2D eigenvalue weighted by atomic mass is 10.1. The fourth-order valence-corrected chi connectivity index (χ4v) is 3.09. The maximum atomic E-state index is 11.6. The Labute approximate surface area is 131 Å². The van der Waals surface area contributed by atoms with Crippen molar-refractivity contribution in [3.05, 3.63) is 74.0 Å². The van der Waals surface area contributed by atoms with Gasteiger partial charge in [-0.2, -0.15) is 5.26 Å². The first-order chi connectivity index (χ1) is 10.7. The van der Waals surface area contributed by atoms with Gasteiger partial charge in [-0.25, -0.2) is 4.98 Å². The van der Waals surface area contributed by atoms with E-state index in [1.807, 2.05) is 36.6 Å².